The standard InChI is InChI=1S/C13H17Br/c1-10-7-11(2)9-13(8-10)12(3)5-4-6-14/h5,7-9H,4,6H2,1-3H3. The maximum Gasteiger partial charge on any atom is 0.00661 e. The Hall–Kier alpha value is -0.560. The molecule has 0 N–H and O–H groups in total. The smallest absolute Gasteiger partial charge is 0.00661 e. The highest BCUT2D eigenvalue weighted by Gasteiger charge is 1.97. The molecule has 0 amide bonds. The van der Waals surface area contributed by atoms with Crippen LogP contribution in [0.2, 0.25) is 0 Å². The first-order chi connectivity index (χ1) is 6.63. The van der Waals surface area contributed by atoms with Crippen LogP contribution >= 0.6 is 15.9 Å². The summed E-state index contributed by atoms with van der Waals surface area (Å²) in [6.45, 7) is 6.47. The molecule has 0 unspecified atom stereocenters. The van der Waals surface area contributed by atoms with Gasteiger partial charge in [-0.1, -0.05) is 51.3 Å². The van der Waals surface area contributed by atoms with Crippen molar-refractivity contribution < 1.29 is 0 Å². The van der Waals surface area contributed by atoms with Gasteiger partial charge in [-0.3, -0.25) is 0 Å². The minimum Gasteiger partial charge on any atom is -0.0925 e. The Balaban J connectivity index is 2.95. The van der Waals surface area contributed by atoms with E-state index in [9.17, 15) is 0 Å². The Morgan fingerprint density at radius 2 is 1.79 bits per heavy atom. The molecule has 0 aromatic heterocycles. The second kappa shape index (κ2) is 5.35. The van der Waals surface area contributed by atoms with Gasteiger partial charge in [0.25, 0.3) is 0 Å². The van der Waals surface area contributed by atoms with E-state index in [-0.39, 0.29) is 0 Å². The molecule has 76 valence electrons. The van der Waals surface area contributed by atoms with Crippen molar-refractivity contribution in [2.45, 2.75) is 27.2 Å². The van der Waals surface area contributed by atoms with Gasteiger partial charge < -0.3 is 0 Å². The number of alkyl halides is 1. The van der Waals surface area contributed by atoms with Crippen LogP contribution in [0.1, 0.15) is 30.0 Å². The van der Waals surface area contributed by atoms with Crippen LogP contribution in [-0.4, -0.2) is 5.33 Å². The first kappa shape index (κ1) is 11.5. The molecule has 0 fully saturated rings. The van der Waals surface area contributed by atoms with E-state index in [2.05, 4.69) is 61.0 Å². The molecule has 0 atom stereocenters. The van der Waals surface area contributed by atoms with E-state index < -0.39 is 0 Å². The minimum absolute atomic E-state index is 1.04. The fourth-order valence-corrected chi connectivity index (χ4v) is 1.82. The Kier molecular flexibility index (Phi) is 4.40. The fourth-order valence-electron chi connectivity index (χ4n) is 1.59. The van der Waals surface area contributed by atoms with Gasteiger partial charge in [-0.2, -0.15) is 0 Å². The first-order valence-corrected chi connectivity index (χ1v) is 6.07. The highest BCUT2D eigenvalue weighted by atomic mass is 79.9. The van der Waals surface area contributed by atoms with Gasteiger partial charge in [-0.25, -0.2) is 0 Å². The SMILES string of the molecule is CC(=CCCBr)c1cc(C)cc(C)c1. The summed E-state index contributed by atoms with van der Waals surface area (Å²) in [5.41, 5.74) is 5.40. The molecular formula is C13H17Br. The van der Waals surface area contributed by atoms with Crippen molar-refractivity contribution >= 4 is 21.5 Å². The van der Waals surface area contributed by atoms with E-state index >= 15 is 0 Å². The largest absolute Gasteiger partial charge is 0.0925 e. The lowest BCUT2D eigenvalue weighted by atomic mass is 10.0. The van der Waals surface area contributed by atoms with Crippen LogP contribution in [0, 0.1) is 13.8 Å². The predicted molar refractivity (Wildman–Crippen MR) is 68.0 cm³/mol. The Labute approximate surface area is 95.2 Å². The average molecular weight is 253 g/mol. The number of allylic oxidation sites excluding steroid dienone is 2. The molecule has 0 spiro atoms. The van der Waals surface area contributed by atoms with Crippen LogP contribution in [0.3, 0.4) is 0 Å². The fraction of sp³-hybridized carbons (Fsp3) is 0.385. The molecule has 0 nitrogen and oxygen atoms in total. The predicted octanol–water partition coefficient (Wildman–Crippen LogP) is 4.49. The molecule has 1 heteroatoms. The van der Waals surface area contributed by atoms with Crippen LogP contribution in [0.25, 0.3) is 5.57 Å². The van der Waals surface area contributed by atoms with Gasteiger partial charge in [0.1, 0.15) is 0 Å². The number of halogens is 1. The normalized spacial score (nSPS) is 11.9. The zero-order valence-electron chi connectivity index (χ0n) is 9.10. The van der Waals surface area contributed by atoms with Gasteiger partial charge in [0.2, 0.25) is 0 Å². The van der Waals surface area contributed by atoms with Crippen LogP contribution in [0.15, 0.2) is 24.3 Å². The van der Waals surface area contributed by atoms with E-state index in [1.165, 1.54) is 22.3 Å². The van der Waals surface area contributed by atoms with Crippen molar-refractivity contribution in [1.29, 1.82) is 0 Å². The third-order valence-electron chi connectivity index (χ3n) is 2.24. The average Bonchev–Trinajstić information content (AvgIpc) is 2.12. The molecule has 0 radical (unpaired) electrons. The Morgan fingerprint density at radius 1 is 1.21 bits per heavy atom. The molecule has 1 rings (SSSR count). The van der Waals surface area contributed by atoms with Crippen molar-refractivity contribution in [2.24, 2.45) is 0 Å². The Bertz CT molecular complexity index is 317. The molecule has 1 aromatic carbocycles. The highest BCUT2D eigenvalue weighted by Crippen LogP contribution is 2.18. The molecular weight excluding hydrogens is 236 g/mol. The van der Waals surface area contributed by atoms with Crippen LogP contribution in [-0.2, 0) is 0 Å². The summed E-state index contributed by atoms with van der Waals surface area (Å²) in [5, 5.41) is 1.04. The van der Waals surface area contributed by atoms with Crippen molar-refractivity contribution in [3.05, 3.63) is 41.0 Å². The molecule has 0 aliphatic rings. The van der Waals surface area contributed by atoms with Gasteiger partial charge in [-0.05, 0) is 38.3 Å². The number of hydrogen-bond donors (Lipinski definition) is 0. The molecule has 0 saturated heterocycles. The second-order valence-corrected chi connectivity index (χ2v) is 4.53. The number of hydrogen-bond acceptors (Lipinski definition) is 0. The van der Waals surface area contributed by atoms with E-state index in [1.807, 2.05) is 0 Å². The third kappa shape index (κ3) is 3.30. The molecule has 0 heterocycles. The number of rotatable bonds is 3. The number of aryl methyl sites for hydroxylation is 2. The zero-order chi connectivity index (χ0) is 10.6. The van der Waals surface area contributed by atoms with Crippen LogP contribution in [0.4, 0.5) is 0 Å². The van der Waals surface area contributed by atoms with Crippen molar-refractivity contribution in [3.8, 4) is 0 Å². The summed E-state index contributed by atoms with van der Waals surface area (Å²) in [4.78, 5) is 0. The summed E-state index contributed by atoms with van der Waals surface area (Å²) in [6, 6.07) is 6.70. The first-order valence-electron chi connectivity index (χ1n) is 4.95. The van der Waals surface area contributed by atoms with E-state index in [0.717, 1.165) is 11.8 Å². The monoisotopic (exact) mass is 252 g/mol. The highest BCUT2D eigenvalue weighted by molar-refractivity contribution is 9.09. The van der Waals surface area contributed by atoms with Crippen LogP contribution in [0.5, 0.6) is 0 Å². The lowest BCUT2D eigenvalue weighted by Gasteiger charge is -2.05. The van der Waals surface area contributed by atoms with E-state index in [1.54, 1.807) is 0 Å². The lowest BCUT2D eigenvalue weighted by Crippen LogP contribution is -1.85. The van der Waals surface area contributed by atoms with E-state index in [4.69, 9.17) is 0 Å². The van der Waals surface area contributed by atoms with Crippen LogP contribution < -0.4 is 0 Å². The topological polar surface area (TPSA) is 0 Å². The third-order valence-corrected chi connectivity index (χ3v) is 2.69. The zero-order valence-corrected chi connectivity index (χ0v) is 10.7. The molecule has 0 aliphatic heterocycles. The maximum atomic E-state index is 3.43. The lowest BCUT2D eigenvalue weighted by molar-refractivity contribution is 1.25. The second-order valence-electron chi connectivity index (χ2n) is 3.74. The Morgan fingerprint density at radius 3 is 2.29 bits per heavy atom. The summed E-state index contributed by atoms with van der Waals surface area (Å²) in [7, 11) is 0. The quantitative estimate of drug-likeness (QED) is 0.696. The summed E-state index contributed by atoms with van der Waals surface area (Å²) in [5.74, 6) is 0. The maximum absolute atomic E-state index is 3.43. The van der Waals surface area contributed by atoms with Gasteiger partial charge >= 0.3 is 0 Å². The van der Waals surface area contributed by atoms with Crippen molar-refractivity contribution in [2.75, 3.05) is 5.33 Å². The van der Waals surface area contributed by atoms with E-state index in [0.29, 0.717) is 0 Å². The number of benzene rings is 1. The summed E-state index contributed by atoms with van der Waals surface area (Å²) >= 11 is 3.43. The molecule has 0 bridgehead atoms. The van der Waals surface area contributed by atoms with Crippen molar-refractivity contribution in [1.82, 2.24) is 0 Å². The molecule has 1 aromatic rings. The molecule has 0 saturated carbocycles. The van der Waals surface area contributed by atoms with Gasteiger partial charge in [0, 0.05) is 5.33 Å². The van der Waals surface area contributed by atoms with Crippen molar-refractivity contribution in [3.63, 3.8) is 0 Å². The molecule has 14 heavy (non-hydrogen) atoms. The van der Waals surface area contributed by atoms with Gasteiger partial charge in [0.05, 0.1) is 0 Å². The van der Waals surface area contributed by atoms with Gasteiger partial charge in [-0.15, -0.1) is 0 Å². The van der Waals surface area contributed by atoms with Gasteiger partial charge in [0.15, 0.2) is 0 Å². The summed E-state index contributed by atoms with van der Waals surface area (Å²) in [6.07, 6.45) is 3.38. The summed E-state index contributed by atoms with van der Waals surface area (Å²) < 4.78 is 0. The molecule has 0 aliphatic carbocycles. The minimum atomic E-state index is 1.04.